The number of anilines is 1. The molecular formula is C13H13FN2OS. The number of amides is 1. The van der Waals surface area contributed by atoms with Crippen molar-refractivity contribution < 1.29 is 9.18 Å². The van der Waals surface area contributed by atoms with Crippen LogP contribution in [0.1, 0.15) is 11.3 Å². The lowest BCUT2D eigenvalue weighted by Gasteiger charge is -2.13. The molecule has 0 aliphatic carbocycles. The van der Waals surface area contributed by atoms with Crippen LogP contribution in [0.5, 0.6) is 0 Å². The van der Waals surface area contributed by atoms with Gasteiger partial charge in [-0.1, -0.05) is 18.2 Å². The molecule has 1 amide bonds. The van der Waals surface area contributed by atoms with E-state index in [-0.39, 0.29) is 18.1 Å². The second kappa shape index (κ2) is 5.27. The van der Waals surface area contributed by atoms with Crippen LogP contribution in [0.3, 0.4) is 0 Å². The molecule has 3 nitrogen and oxygen atoms in total. The Balaban J connectivity index is 2.11. The first kappa shape index (κ1) is 12.7. The zero-order valence-electron chi connectivity index (χ0n) is 10.2. The van der Waals surface area contributed by atoms with Crippen molar-refractivity contribution in [2.75, 3.05) is 11.9 Å². The Morgan fingerprint density at radius 1 is 1.44 bits per heavy atom. The monoisotopic (exact) mass is 264 g/mol. The molecule has 2 aromatic rings. The molecule has 94 valence electrons. The van der Waals surface area contributed by atoms with Crippen LogP contribution >= 0.6 is 11.3 Å². The molecule has 0 aliphatic heterocycles. The first-order valence-electron chi connectivity index (χ1n) is 5.50. The molecule has 0 radical (unpaired) electrons. The van der Waals surface area contributed by atoms with E-state index in [9.17, 15) is 9.18 Å². The quantitative estimate of drug-likeness (QED) is 0.854. The molecule has 0 unspecified atom stereocenters. The third kappa shape index (κ3) is 2.73. The summed E-state index contributed by atoms with van der Waals surface area (Å²) in [5, 5.41) is 2.51. The van der Waals surface area contributed by atoms with Crippen LogP contribution in [0.2, 0.25) is 0 Å². The molecule has 0 N–H and O–H groups in total. The number of likely N-dealkylation sites (N-methyl/N-ethyl adjacent to an activating group) is 1. The summed E-state index contributed by atoms with van der Waals surface area (Å²) < 4.78 is 13.4. The number of hydrogen-bond acceptors (Lipinski definition) is 3. The number of carbonyl (C=O) groups excluding carboxylic acids is 1. The third-order valence-electron chi connectivity index (χ3n) is 2.57. The number of carbonyl (C=O) groups is 1. The Bertz CT molecular complexity index is 568. The molecule has 0 saturated heterocycles. The van der Waals surface area contributed by atoms with Crippen molar-refractivity contribution >= 4 is 22.4 Å². The highest BCUT2D eigenvalue weighted by Crippen LogP contribution is 2.19. The van der Waals surface area contributed by atoms with Gasteiger partial charge in [0.25, 0.3) is 0 Å². The standard InChI is InChI=1S/C13H13FN2OS/c1-9-8-18-13(15-9)16(2)12(17)7-10-5-3-4-6-11(10)14/h3-6,8H,7H2,1-2H3. The lowest BCUT2D eigenvalue weighted by molar-refractivity contribution is -0.117. The number of thiazole rings is 1. The Kier molecular flexibility index (Phi) is 3.72. The molecule has 2 rings (SSSR count). The maximum Gasteiger partial charge on any atom is 0.233 e. The summed E-state index contributed by atoms with van der Waals surface area (Å²) in [6.07, 6.45) is 0.0435. The van der Waals surface area contributed by atoms with Gasteiger partial charge in [0.05, 0.1) is 12.1 Å². The molecule has 0 aliphatic rings. The minimum absolute atomic E-state index is 0.0435. The van der Waals surface area contributed by atoms with Crippen LogP contribution in [0.4, 0.5) is 9.52 Å². The van der Waals surface area contributed by atoms with Gasteiger partial charge in [0, 0.05) is 12.4 Å². The molecule has 5 heteroatoms. The number of rotatable bonds is 3. The van der Waals surface area contributed by atoms with Crippen molar-refractivity contribution in [3.63, 3.8) is 0 Å². The summed E-state index contributed by atoms with van der Waals surface area (Å²) >= 11 is 1.40. The summed E-state index contributed by atoms with van der Waals surface area (Å²) in [6.45, 7) is 1.87. The number of benzene rings is 1. The Labute approximate surface area is 109 Å². The highest BCUT2D eigenvalue weighted by molar-refractivity contribution is 7.14. The van der Waals surface area contributed by atoms with Crippen LogP contribution in [-0.4, -0.2) is 17.9 Å². The Morgan fingerprint density at radius 3 is 2.78 bits per heavy atom. The van der Waals surface area contributed by atoms with Crippen LogP contribution in [-0.2, 0) is 11.2 Å². The molecule has 1 heterocycles. The van der Waals surface area contributed by atoms with Gasteiger partial charge in [-0.05, 0) is 18.6 Å². The van der Waals surface area contributed by atoms with E-state index in [1.807, 2.05) is 12.3 Å². The van der Waals surface area contributed by atoms with E-state index in [0.29, 0.717) is 10.7 Å². The molecule has 1 aromatic heterocycles. The van der Waals surface area contributed by atoms with Crippen molar-refractivity contribution in [2.24, 2.45) is 0 Å². The molecule has 1 aromatic carbocycles. The summed E-state index contributed by atoms with van der Waals surface area (Å²) in [5.74, 6) is -0.524. The van der Waals surface area contributed by atoms with Crippen molar-refractivity contribution in [1.82, 2.24) is 4.98 Å². The van der Waals surface area contributed by atoms with Gasteiger partial charge in [-0.25, -0.2) is 9.37 Å². The van der Waals surface area contributed by atoms with E-state index in [2.05, 4.69) is 4.98 Å². The minimum atomic E-state index is -0.352. The first-order valence-corrected chi connectivity index (χ1v) is 6.38. The van der Waals surface area contributed by atoms with E-state index in [0.717, 1.165) is 5.69 Å². The molecule has 18 heavy (non-hydrogen) atoms. The number of aryl methyl sites for hydroxylation is 1. The second-order valence-electron chi connectivity index (χ2n) is 3.99. The minimum Gasteiger partial charge on any atom is -0.291 e. The summed E-state index contributed by atoms with van der Waals surface area (Å²) in [6, 6.07) is 6.31. The van der Waals surface area contributed by atoms with Gasteiger partial charge in [-0.2, -0.15) is 0 Å². The Morgan fingerprint density at radius 2 is 2.17 bits per heavy atom. The second-order valence-corrected chi connectivity index (χ2v) is 4.83. The predicted octanol–water partition coefficient (Wildman–Crippen LogP) is 2.80. The SMILES string of the molecule is Cc1csc(N(C)C(=O)Cc2ccccc2F)n1. The molecule has 0 bridgehead atoms. The van der Waals surface area contributed by atoms with E-state index in [1.54, 1.807) is 25.2 Å². The van der Waals surface area contributed by atoms with Crippen LogP contribution in [0, 0.1) is 12.7 Å². The summed E-state index contributed by atoms with van der Waals surface area (Å²) in [7, 11) is 1.65. The molecular weight excluding hydrogens is 251 g/mol. The lowest BCUT2D eigenvalue weighted by atomic mass is 10.1. The van der Waals surface area contributed by atoms with Crippen molar-refractivity contribution in [3.05, 3.63) is 46.7 Å². The van der Waals surface area contributed by atoms with Gasteiger partial charge in [0.15, 0.2) is 5.13 Å². The van der Waals surface area contributed by atoms with Gasteiger partial charge in [0.1, 0.15) is 5.82 Å². The van der Waals surface area contributed by atoms with Crippen LogP contribution in [0.15, 0.2) is 29.6 Å². The van der Waals surface area contributed by atoms with E-state index >= 15 is 0 Å². The van der Waals surface area contributed by atoms with Crippen molar-refractivity contribution in [3.8, 4) is 0 Å². The van der Waals surface area contributed by atoms with E-state index in [4.69, 9.17) is 0 Å². The highest BCUT2D eigenvalue weighted by atomic mass is 32.1. The smallest absolute Gasteiger partial charge is 0.233 e. The van der Waals surface area contributed by atoms with Crippen molar-refractivity contribution in [2.45, 2.75) is 13.3 Å². The van der Waals surface area contributed by atoms with Gasteiger partial charge in [-0.3, -0.25) is 9.69 Å². The number of nitrogens with zero attached hydrogens (tertiary/aromatic N) is 2. The average molecular weight is 264 g/mol. The van der Waals surface area contributed by atoms with Crippen LogP contribution in [0.25, 0.3) is 0 Å². The lowest BCUT2D eigenvalue weighted by Crippen LogP contribution is -2.28. The maximum absolute atomic E-state index is 13.4. The van der Waals surface area contributed by atoms with Gasteiger partial charge in [0.2, 0.25) is 5.91 Å². The van der Waals surface area contributed by atoms with E-state index in [1.165, 1.54) is 22.3 Å². The fourth-order valence-corrected chi connectivity index (χ4v) is 2.31. The van der Waals surface area contributed by atoms with Gasteiger partial charge >= 0.3 is 0 Å². The molecule has 0 fully saturated rings. The molecule has 0 spiro atoms. The van der Waals surface area contributed by atoms with Gasteiger partial charge < -0.3 is 0 Å². The predicted molar refractivity (Wildman–Crippen MR) is 70.4 cm³/mol. The normalized spacial score (nSPS) is 10.4. The highest BCUT2D eigenvalue weighted by Gasteiger charge is 2.15. The average Bonchev–Trinajstić information content (AvgIpc) is 2.78. The maximum atomic E-state index is 13.4. The first-order chi connectivity index (χ1) is 8.58. The fourth-order valence-electron chi connectivity index (χ4n) is 1.53. The topological polar surface area (TPSA) is 33.2 Å². The fraction of sp³-hybridized carbons (Fsp3) is 0.231. The number of aromatic nitrogens is 1. The summed E-state index contributed by atoms with van der Waals surface area (Å²) in [5.41, 5.74) is 1.28. The molecule has 0 saturated carbocycles. The number of halogens is 1. The Hall–Kier alpha value is -1.75. The van der Waals surface area contributed by atoms with Crippen LogP contribution < -0.4 is 4.90 Å². The number of hydrogen-bond donors (Lipinski definition) is 0. The van der Waals surface area contributed by atoms with E-state index < -0.39 is 0 Å². The molecule has 0 atom stereocenters. The summed E-state index contributed by atoms with van der Waals surface area (Å²) in [4.78, 5) is 17.7. The van der Waals surface area contributed by atoms with Gasteiger partial charge in [-0.15, -0.1) is 11.3 Å². The van der Waals surface area contributed by atoms with Crippen molar-refractivity contribution in [1.29, 1.82) is 0 Å². The zero-order valence-corrected chi connectivity index (χ0v) is 11.0. The zero-order chi connectivity index (χ0) is 13.1. The largest absolute Gasteiger partial charge is 0.291 e. The third-order valence-corrected chi connectivity index (χ3v) is 3.60.